The maximum atomic E-state index is 12.4. The number of alkyl halides is 2. The maximum absolute atomic E-state index is 12.4. The first-order chi connectivity index (χ1) is 11.5. The van der Waals surface area contributed by atoms with Crippen molar-refractivity contribution in [3.8, 4) is 11.5 Å². The zero-order valence-corrected chi connectivity index (χ0v) is 14.9. The van der Waals surface area contributed by atoms with Crippen LogP contribution in [0.25, 0.3) is 0 Å². The van der Waals surface area contributed by atoms with Crippen LogP contribution in [0.3, 0.4) is 0 Å². The number of hydrogen-bond acceptors (Lipinski definition) is 5. The number of amides is 1. The van der Waals surface area contributed by atoms with Crippen LogP contribution in [0.1, 0.15) is 12.5 Å². The minimum absolute atomic E-state index is 0. The highest BCUT2D eigenvalue weighted by Crippen LogP contribution is 2.29. The van der Waals surface area contributed by atoms with Crippen LogP contribution >= 0.6 is 12.4 Å². The Morgan fingerprint density at radius 2 is 2.20 bits per heavy atom. The van der Waals surface area contributed by atoms with E-state index in [0.29, 0.717) is 26.1 Å². The molecule has 0 aromatic heterocycles. The molecule has 6 nitrogen and oxygen atoms in total. The van der Waals surface area contributed by atoms with Gasteiger partial charge in [0.2, 0.25) is 5.91 Å². The zero-order chi connectivity index (χ0) is 17.5. The smallest absolute Gasteiger partial charge is 0.387 e. The predicted molar refractivity (Wildman–Crippen MR) is 90.8 cm³/mol. The molecule has 2 atom stereocenters. The van der Waals surface area contributed by atoms with E-state index in [9.17, 15) is 13.6 Å². The first-order valence-electron chi connectivity index (χ1n) is 7.75. The van der Waals surface area contributed by atoms with E-state index in [1.54, 1.807) is 12.1 Å². The van der Waals surface area contributed by atoms with Gasteiger partial charge in [-0.05, 0) is 31.0 Å². The Bertz CT molecular complexity index is 563. The Labute approximate surface area is 151 Å². The fraction of sp³-hybridized carbons (Fsp3) is 0.562. The van der Waals surface area contributed by atoms with Crippen molar-refractivity contribution in [3.63, 3.8) is 0 Å². The standard InChI is InChI=1S/C16H22F2N2O4.ClH/c1-10-14(19-7-8-23-10)15(21)20-6-5-11-3-4-12(22-2)13(9-11)24-16(17)18;/h3-4,9-10,14,16,19H,5-8H2,1-2H3,(H,20,21);1H/t10-,14+;/m1./s1. The summed E-state index contributed by atoms with van der Waals surface area (Å²) in [5.41, 5.74) is 0.757. The molecule has 1 heterocycles. The van der Waals surface area contributed by atoms with Gasteiger partial charge in [-0.15, -0.1) is 12.4 Å². The van der Waals surface area contributed by atoms with Crippen LogP contribution in [-0.2, 0) is 16.0 Å². The Morgan fingerprint density at radius 1 is 1.44 bits per heavy atom. The number of carbonyl (C=O) groups is 1. The molecule has 2 N–H and O–H groups in total. The van der Waals surface area contributed by atoms with Gasteiger partial charge in [0.25, 0.3) is 0 Å². The summed E-state index contributed by atoms with van der Waals surface area (Å²) in [6, 6.07) is 4.41. The van der Waals surface area contributed by atoms with Crippen molar-refractivity contribution in [2.24, 2.45) is 0 Å². The van der Waals surface area contributed by atoms with E-state index in [1.165, 1.54) is 13.2 Å². The van der Waals surface area contributed by atoms with Gasteiger partial charge in [0.1, 0.15) is 6.04 Å². The second kappa shape index (κ2) is 10.4. The van der Waals surface area contributed by atoms with Crippen LogP contribution in [0.15, 0.2) is 18.2 Å². The molecule has 0 saturated carbocycles. The molecule has 1 aliphatic rings. The van der Waals surface area contributed by atoms with Gasteiger partial charge in [0.15, 0.2) is 11.5 Å². The Kier molecular flexibility index (Phi) is 8.88. The SMILES string of the molecule is COc1ccc(CCNC(=O)[C@H]2NCCO[C@@H]2C)cc1OC(F)F.Cl. The molecule has 1 aliphatic heterocycles. The number of nitrogens with one attached hydrogen (secondary N) is 2. The molecule has 0 aliphatic carbocycles. The van der Waals surface area contributed by atoms with Gasteiger partial charge in [-0.25, -0.2) is 0 Å². The lowest BCUT2D eigenvalue weighted by Crippen LogP contribution is -2.55. The molecule has 1 amide bonds. The van der Waals surface area contributed by atoms with Crippen molar-refractivity contribution in [1.29, 1.82) is 0 Å². The summed E-state index contributed by atoms with van der Waals surface area (Å²) in [7, 11) is 1.38. The van der Waals surface area contributed by atoms with Crippen molar-refractivity contribution >= 4 is 18.3 Å². The summed E-state index contributed by atoms with van der Waals surface area (Å²) < 4.78 is 39.7. The summed E-state index contributed by atoms with van der Waals surface area (Å²) in [5.74, 6) is 0.0764. The van der Waals surface area contributed by atoms with Crippen LogP contribution in [0, 0.1) is 0 Å². The number of halogens is 3. The van der Waals surface area contributed by atoms with Gasteiger partial charge in [0.05, 0.1) is 19.8 Å². The third kappa shape index (κ3) is 6.30. The summed E-state index contributed by atoms with van der Waals surface area (Å²) in [5, 5.41) is 5.92. The topological polar surface area (TPSA) is 68.8 Å². The van der Waals surface area contributed by atoms with Crippen molar-refractivity contribution in [3.05, 3.63) is 23.8 Å². The molecule has 0 unspecified atom stereocenters. The molecule has 1 aromatic rings. The Hall–Kier alpha value is -1.64. The second-order valence-corrected chi connectivity index (χ2v) is 5.41. The number of methoxy groups -OCH3 is 1. The van der Waals surface area contributed by atoms with E-state index < -0.39 is 6.61 Å². The first-order valence-corrected chi connectivity index (χ1v) is 7.75. The van der Waals surface area contributed by atoms with Gasteiger partial charge in [-0.2, -0.15) is 8.78 Å². The lowest BCUT2D eigenvalue weighted by atomic mass is 10.1. The van der Waals surface area contributed by atoms with E-state index in [2.05, 4.69) is 15.4 Å². The third-order valence-electron chi connectivity index (χ3n) is 3.76. The van der Waals surface area contributed by atoms with E-state index in [0.717, 1.165) is 5.56 Å². The number of rotatable bonds is 7. The molecule has 0 bridgehead atoms. The fourth-order valence-electron chi connectivity index (χ4n) is 2.53. The lowest BCUT2D eigenvalue weighted by molar-refractivity contribution is -0.128. The molecule has 2 rings (SSSR count). The minimum Gasteiger partial charge on any atom is -0.493 e. The molecule has 0 radical (unpaired) electrons. The number of benzene rings is 1. The molecule has 1 fully saturated rings. The summed E-state index contributed by atoms with van der Waals surface area (Å²) in [6.45, 7) is 0.518. The highest BCUT2D eigenvalue weighted by atomic mass is 35.5. The van der Waals surface area contributed by atoms with Gasteiger partial charge in [0, 0.05) is 13.1 Å². The van der Waals surface area contributed by atoms with Crippen molar-refractivity contribution in [2.45, 2.75) is 32.1 Å². The third-order valence-corrected chi connectivity index (χ3v) is 3.76. The monoisotopic (exact) mass is 380 g/mol. The summed E-state index contributed by atoms with van der Waals surface area (Å²) in [4.78, 5) is 12.1. The fourth-order valence-corrected chi connectivity index (χ4v) is 2.53. The van der Waals surface area contributed by atoms with Crippen LogP contribution in [0.5, 0.6) is 11.5 Å². The summed E-state index contributed by atoms with van der Waals surface area (Å²) >= 11 is 0. The largest absolute Gasteiger partial charge is 0.493 e. The van der Waals surface area contributed by atoms with Crippen LogP contribution in [-0.4, -0.2) is 51.5 Å². The lowest BCUT2D eigenvalue weighted by Gasteiger charge is -2.29. The van der Waals surface area contributed by atoms with Crippen LogP contribution in [0.4, 0.5) is 8.78 Å². The van der Waals surface area contributed by atoms with Crippen LogP contribution < -0.4 is 20.1 Å². The average Bonchev–Trinajstić information content (AvgIpc) is 2.55. The second-order valence-electron chi connectivity index (χ2n) is 5.41. The summed E-state index contributed by atoms with van der Waals surface area (Å²) in [6.07, 6.45) is 0.294. The minimum atomic E-state index is -2.92. The molecular formula is C16H23ClF2N2O4. The molecule has 1 saturated heterocycles. The van der Waals surface area contributed by atoms with Gasteiger partial charge in [-0.1, -0.05) is 6.07 Å². The Morgan fingerprint density at radius 3 is 2.84 bits per heavy atom. The van der Waals surface area contributed by atoms with Crippen molar-refractivity contribution in [1.82, 2.24) is 10.6 Å². The van der Waals surface area contributed by atoms with Gasteiger partial charge < -0.3 is 24.8 Å². The van der Waals surface area contributed by atoms with E-state index in [4.69, 9.17) is 9.47 Å². The number of morpholine rings is 1. The van der Waals surface area contributed by atoms with Crippen LogP contribution in [0.2, 0.25) is 0 Å². The van der Waals surface area contributed by atoms with Crippen molar-refractivity contribution < 1.29 is 27.8 Å². The molecular weight excluding hydrogens is 358 g/mol. The molecule has 9 heteroatoms. The molecule has 25 heavy (non-hydrogen) atoms. The van der Waals surface area contributed by atoms with E-state index >= 15 is 0 Å². The quantitative estimate of drug-likeness (QED) is 0.754. The maximum Gasteiger partial charge on any atom is 0.387 e. The predicted octanol–water partition coefficient (Wildman–Crippen LogP) is 1.75. The number of hydrogen-bond donors (Lipinski definition) is 2. The van der Waals surface area contributed by atoms with Crippen molar-refractivity contribution in [2.75, 3.05) is 26.8 Å². The number of ether oxygens (including phenoxy) is 3. The van der Waals surface area contributed by atoms with E-state index in [-0.39, 0.29) is 42.0 Å². The first kappa shape index (κ1) is 21.4. The molecule has 0 spiro atoms. The average molecular weight is 381 g/mol. The highest BCUT2D eigenvalue weighted by molar-refractivity contribution is 5.85. The molecule has 1 aromatic carbocycles. The van der Waals surface area contributed by atoms with Gasteiger partial charge >= 0.3 is 6.61 Å². The highest BCUT2D eigenvalue weighted by Gasteiger charge is 2.27. The zero-order valence-electron chi connectivity index (χ0n) is 14.1. The van der Waals surface area contributed by atoms with Gasteiger partial charge in [-0.3, -0.25) is 4.79 Å². The molecule has 142 valence electrons. The van der Waals surface area contributed by atoms with E-state index in [1.807, 2.05) is 6.92 Å². The Balaban J connectivity index is 0.00000312. The normalized spacial score (nSPS) is 19.9. The number of carbonyl (C=O) groups excluding carboxylic acids is 1.